The van der Waals surface area contributed by atoms with Gasteiger partial charge in [0.25, 0.3) is 0 Å². The van der Waals surface area contributed by atoms with Crippen molar-refractivity contribution in [1.82, 2.24) is 31.6 Å². The number of ether oxygens (including phenoxy) is 1. The number of amides is 6. The number of alkyl carbamates (subject to hydrolysis) is 1. The summed E-state index contributed by atoms with van der Waals surface area (Å²) in [7, 11) is 0. The number of aromatic amines is 1. The molecular formula is C42H53N7O8. The standard InChI is InChI=1S/C42H53N7O8/c1-27-13-12-14-28(23-27)20-22-43-37(52)35(25-36(50)51)48-38(53)33(19-10-11-21-44-40(55)46-30-15-6-5-7-16-30)47-39(54)34(49-41(56)57-42(2,3)4)24-29-26-45-32-18-9-8-17-31(29)32/h5-9,12-18,23,26,33-35,45H,10-11,19-22,24-25H2,1-4H3,(H,43,52)(H,47,54)(H,48,53)(H,49,56)(H,50,51)(H2,44,46,55)/t33-,34-,35-/m0/s1. The lowest BCUT2D eigenvalue weighted by Gasteiger charge is -2.26. The topological polar surface area (TPSA) is 220 Å². The van der Waals surface area contributed by atoms with E-state index in [1.54, 1.807) is 51.2 Å². The number of aryl methyl sites for hydroxylation is 1. The lowest BCUT2D eigenvalue weighted by atomic mass is 10.0. The van der Waals surface area contributed by atoms with Crippen molar-refractivity contribution in [2.75, 3.05) is 18.4 Å². The van der Waals surface area contributed by atoms with Crippen LogP contribution in [-0.2, 0) is 36.8 Å². The van der Waals surface area contributed by atoms with Crippen LogP contribution in [0.4, 0.5) is 15.3 Å². The number of carbonyl (C=O) groups excluding carboxylic acids is 5. The van der Waals surface area contributed by atoms with Gasteiger partial charge in [-0.1, -0.05) is 66.2 Å². The lowest BCUT2D eigenvalue weighted by Crippen LogP contribution is -2.57. The van der Waals surface area contributed by atoms with Crippen molar-refractivity contribution in [3.63, 3.8) is 0 Å². The maximum atomic E-state index is 14.1. The number of hydrogen-bond donors (Lipinski definition) is 8. The first-order valence-corrected chi connectivity index (χ1v) is 19.0. The summed E-state index contributed by atoms with van der Waals surface area (Å²) in [5, 5.41) is 26.6. The van der Waals surface area contributed by atoms with Crippen molar-refractivity contribution in [1.29, 1.82) is 0 Å². The van der Waals surface area contributed by atoms with Crippen LogP contribution in [0.2, 0.25) is 0 Å². The molecule has 1 aromatic heterocycles. The molecule has 0 unspecified atom stereocenters. The minimum atomic E-state index is -1.45. The molecule has 0 aliphatic carbocycles. The van der Waals surface area contributed by atoms with Gasteiger partial charge in [0.15, 0.2) is 0 Å². The van der Waals surface area contributed by atoms with Crippen molar-refractivity contribution < 1.29 is 38.6 Å². The van der Waals surface area contributed by atoms with Crippen LogP contribution in [0.15, 0.2) is 85.1 Å². The molecule has 3 aromatic carbocycles. The first-order valence-electron chi connectivity index (χ1n) is 19.0. The molecule has 0 saturated heterocycles. The molecule has 1 heterocycles. The molecule has 0 spiro atoms. The van der Waals surface area contributed by atoms with Gasteiger partial charge in [-0.05, 0) is 82.7 Å². The second kappa shape index (κ2) is 21.1. The number of fused-ring (bicyclic) bond motifs is 1. The summed E-state index contributed by atoms with van der Waals surface area (Å²) in [6.45, 7) is 7.46. The first kappa shape index (κ1) is 43.3. The number of carbonyl (C=O) groups is 6. The van der Waals surface area contributed by atoms with Gasteiger partial charge in [-0.15, -0.1) is 0 Å². The summed E-state index contributed by atoms with van der Waals surface area (Å²) in [6.07, 6.45) is 1.52. The summed E-state index contributed by atoms with van der Waals surface area (Å²) in [4.78, 5) is 81.6. The number of rotatable bonds is 19. The largest absolute Gasteiger partial charge is 0.481 e. The fourth-order valence-electron chi connectivity index (χ4n) is 6.07. The molecule has 8 N–H and O–H groups in total. The van der Waals surface area contributed by atoms with Gasteiger partial charge in [-0.2, -0.15) is 0 Å². The summed E-state index contributed by atoms with van der Waals surface area (Å²) >= 11 is 0. The average Bonchev–Trinajstić information content (AvgIpc) is 3.55. The molecular weight excluding hydrogens is 731 g/mol. The Hall–Kier alpha value is -6.38. The van der Waals surface area contributed by atoms with E-state index in [1.807, 2.05) is 61.5 Å². The van der Waals surface area contributed by atoms with Crippen molar-refractivity contribution in [2.24, 2.45) is 0 Å². The van der Waals surface area contributed by atoms with Gasteiger partial charge in [0.2, 0.25) is 17.7 Å². The van der Waals surface area contributed by atoms with Gasteiger partial charge in [0.1, 0.15) is 23.7 Å². The maximum absolute atomic E-state index is 14.1. The number of anilines is 1. The minimum Gasteiger partial charge on any atom is -0.481 e. The third-order valence-corrected chi connectivity index (χ3v) is 8.78. The van der Waals surface area contributed by atoms with E-state index in [1.165, 1.54) is 0 Å². The molecule has 0 fully saturated rings. The van der Waals surface area contributed by atoms with Crippen LogP contribution in [-0.4, -0.2) is 82.7 Å². The van der Waals surface area contributed by atoms with Gasteiger partial charge in [-0.25, -0.2) is 9.59 Å². The Bertz CT molecular complexity index is 1990. The highest BCUT2D eigenvalue weighted by atomic mass is 16.6. The van der Waals surface area contributed by atoms with Crippen molar-refractivity contribution in [2.45, 2.75) is 89.9 Å². The Kier molecular flexibility index (Phi) is 16.0. The van der Waals surface area contributed by atoms with Crippen LogP contribution in [0.3, 0.4) is 0 Å². The van der Waals surface area contributed by atoms with E-state index >= 15 is 0 Å². The number of unbranched alkanes of at least 4 members (excludes halogenated alkanes) is 1. The summed E-state index contributed by atoms with van der Waals surface area (Å²) in [5.74, 6) is -3.50. The highest BCUT2D eigenvalue weighted by Gasteiger charge is 2.32. The molecule has 0 saturated carbocycles. The van der Waals surface area contributed by atoms with Gasteiger partial charge in [0, 0.05) is 42.3 Å². The van der Waals surface area contributed by atoms with Crippen molar-refractivity contribution >= 4 is 52.4 Å². The van der Waals surface area contributed by atoms with Gasteiger partial charge >= 0.3 is 18.1 Å². The van der Waals surface area contributed by atoms with E-state index < -0.39 is 66.0 Å². The van der Waals surface area contributed by atoms with E-state index in [2.05, 4.69) is 36.9 Å². The van der Waals surface area contributed by atoms with Crippen LogP contribution < -0.4 is 31.9 Å². The number of urea groups is 1. The first-order chi connectivity index (χ1) is 27.2. The highest BCUT2D eigenvalue weighted by Crippen LogP contribution is 2.20. The van der Waals surface area contributed by atoms with E-state index in [4.69, 9.17) is 4.74 Å². The SMILES string of the molecule is Cc1cccc(CCNC(=O)[C@H](CC(=O)O)NC(=O)[C@H](CCCCNC(=O)Nc2ccccc2)NC(=O)[C@H](Cc2c[nH]c3ccccc23)NC(=O)OC(C)(C)C)c1. The number of carboxylic acids is 1. The summed E-state index contributed by atoms with van der Waals surface area (Å²) in [5.41, 5.74) is 3.34. The summed E-state index contributed by atoms with van der Waals surface area (Å²) in [6, 6.07) is 19.8. The number of hydrogen-bond acceptors (Lipinski definition) is 7. The molecule has 304 valence electrons. The summed E-state index contributed by atoms with van der Waals surface area (Å²) < 4.78 is 5.45. The van der Waals surface area contributed by atoms with Crippen LogP contribution in [0, 0.1) is 6.92 Å². The second-order valence-electron chi connectivity index (χ2n) is 14.8. The van der Waals surface area contributed by atoms with E-state index in [-0.39, 0.29) is 25.9 Å². The van der Waals surface area contributed by atoms with Gasteiger partial charge < -0.3 is 46.7 Å². The minimum absolute atomic E-state index is 0.0366. The Morgan fingerprint density at radius 3 is 2.18 bits per heavy atom. The number of aliphatic carboxylic acids is 1. The molecule has 15 nitrogen and oxygen atoms in total. The van der Waals surface area contributed by atoms with Crippen LogP contribution in [0.5, 0.6) is 0 Å². The Morgan fingerprint density at radius 2 is 1.46 bits per heavy atom. The number of aromatic nitrogens is 1. The van der Waals surface area contributed by atoms with E-state index in [9.17, 15) is 33.9 Å². The fraction of sp³-hybridized carbons (Fsp3) is 0.381. The Labute approximate surface area is 332 Å². The smallest absolute Gasteiger partial charge is 0.408 e. The number of para-hydroxylation sites is 2. The Balaban J connectivity index is 1.49. The molecule has 6 amide bonds. The van der Waals surface area contributed by atoms with Crippen molar-refractivity contribution in [3.8, 4) is 0 Å². The van der Waals surface area contributed by atoms with Crippen LogP contribution in [0.1, 0.15) is 63.1 Å². The zero-order chi connectivity index (χ0) is 41.4. The molecule has 3 atom stereocenters. The number of H-pyrrole nitrogens is 1. The molecule has 0 aliphatic rings. The third-order valence-electron chi connectivity index (χ3n) is 8.78. The average molecular weight is 784 g/mol. The van der Waals surface area contributed by atoms with Crippen molar-refractivity contribution in [3.05, 3.63) is 102 Å². The van der Waals surface area contributed by atoms with Crippen LogP contribution >= 0.6 is 0 Å². The van der Waals surface area contributed by atoms with Gasteiger partial charge in [0.05, 0.1) is 6.42 Å². The van der Waals surface area contributed by atoms with Crippen LogP contribution in [0.25, 0.3) is 10.9 Å². The zero-order valence-electron chi connectivity index (χ0n) is 32.8. The second-order valence-corrected chi connectivity index (χ2v) is 14.8. The lowest BCUT2D eigenvalue weighted by molar-refractivity contribution is -0.141. The number of benzene rings is 3. The Morgan fingerprint density at radius 1 is 0.754 bits per heavy atom. The predicted octanol–water partition coefficient (Wildman–Crippen LogP) is 4.71. The number of carboxylic acid groups (broad SMARTS) is 1. The molecule has 0 aliphatic heterocycles. The fourth-order valence-corrected chi connectivity index (χ4v) is 6.07. The van der Waals surface area contributed by atoms with E-state index in [0.717, 1.165) is 27.6 Å². The highest BCUT2D eigenvalue weighted by molar-refractivity contribution is 5.95. The van der Waals surface area contributed by atoms with Gasteiger partial charge in [-0.3, -0.25) is 19.2 Å². The maximum Gasteiger partial charge on any atom is 0.408 e. The third kappa shape index (κ3) is 15.0. The quantitative estimate of drug-likeness (QED) is 0.0622. The molecule has 4 aromatic rings. The molecule has 0 radical (unpaired) electrons. The molecule has 4 rings (SSSR count). The predicted molar refractivity (Wildman–Crippen MR) is 216 cm³/mol. The zero-order valence-corrected chi connectivity index (χ0v) is 32.8. The molecule has 15 heteroatoms. The monoisotopic (exact) mass is 783 g/mol. The molecule has 57 heavy (non-hydrogen) atoms. The molecule has 0 bridgehead atoms. The number of nitrogens with one attached hydrogen (secondary N) is 7. The van der Waals surface area contributed by atoms with E-state index in [0.29, 0.717) is 24.9 Å². The normalized spacial score (nSPS) is 12.7.